The van der Waals surface area contributed by atoms with Crippen molar-refractivity contribution < 1.29 is 4.39 Å². The largest absolute Gasteiger partial charge is 0.271 e. The predicted octanol–water partition coefficient (Wildman–Crippen LogP) is 4.00. The Bertz CT molecular complexity index is 955. The van der Waals surface area contributed by atoms with Gasteiger partial charge in [0.2, 0.25) is 0 Å². The normalized spacial score (nSPS) is 20.1. The molecule has 1 saturated heterocycles. The summed E-state index contributed by atoms with van der Waals surface area (Å²) in [4.78, 5) is 0. The molecule has 3 N–H and O–H groups in total. The number of rotatable bonds is 3. The Morgan fingerprint density at radius 3 is 2.64 bits per heavy atom. The summed E-state index contributed by atoms with van der Waals surface area (Å²) in [7, 11) is 0. The van der Waals surface area contributed by atoms with Gasteiger partial charge in [0.05, 0.1) is 16.8 Å². The summed E-state index contributed by atoms with van der Waals surface area (Å²) in [5.41, 5.74) is 8.43. The van der Waals surface area contributed by atoms with Crippen molar-refractivity contribution in [1.29, 1.82) is 0 Å². The predicted molar refractivity (Wildman–Crippen MR) is 96.5 cm³/mol. The molecule has 1 fully saturated rings. The number of hydrazine groups is 1. The van der Waals surface area contributed by atoms with Crippen molar-refractivity contribution >= 4 is 23.8 Å². The molecule has 0 amide bonds. The van der Waals surface area contributed by atoms with Crippen LogP contribution in [0, 0.1) is 10.6 Å². The van der Waals surface area contributed by atoms with Gasteiger partial charge in [-0.05, 0) is 42.4 Å². The molecule has 2 heterocycles. The second-order valence-electron chi connectivity index (χ2n) is 5.86. The molecule has 128 valence electrons. The molecular weight excluding hydrogens is 361 g/mol. The molecule has 2 unspecified atom stereocenters. The van der Waals surface area contributed by atoms with E-state index >= 15 is 0 Å². The summed E-state index contributed by atoms with van der Waals surface area (Å²) >= 11 is 11.3. The van der Waals surface area contributed by atoms with Gasteiger partial charge < -0.3 is 0 Å². The summed E-state index contributed by atoms with van der Waals surface area (Å²) in [5.74, 6) is 0.255. The molecule has 0 saturated carbocycles. The van der Waals surface area contributed by atoms with Crippen LogP contribution in [0.15, 0.2) is 48.5 Å². The molecule has 4 rings (SSSR count). The fraction of sp³-hybridized carbons (Fsp3) is 0.176. The van der Waals surface area contributed by atoms with E-state index in [4.69, 9.17) is 23.8 Å². The Kier molecular flexibility index (Phi) is 4.39. The number of nitrogens with zero attached hydrogens (tertiary/aromatic N) is 2. The number of aromatic amines is 1. The van der Waals surface area contributed by atoms with Gasteiger partial charge in [0.1, 0.15) is 5.82 Å². The highest BCUT2D eigenvalue weighted by molar-refractivity contribution is 7.71. The van der Waals surface area contributed by atoms with Crippen LogP contribution in [0.3, 0.4) is 0 Å². The monoisotopic (exact) mass is 375 g/mol. The maximum atomic E-state index is 13.5. The van der Waals surface area contributed by atoms with E-state index in [2.05, 4.69) is 33.2 Å². The molecule has 25 heavy (non-hydrogen) atoms. The zero-order chi connectivity index (χ0) is 17.4. The van der Waals surface area contributed by atoms with E-state index in [1.54, 1.807) is 16.7 Å². The molecule has 8 heteroatoms. The Morgan fingerprint density at radius 1 is 1.12 bits per heavy atom. The molecule has 0 aliphatic carbocycles. The lowest BCUT2D eigenvalue weighted by Crippen LogP contribution is -2.28. The summed E-state index contributed by atoms with van der Waals surface area (Å²) in [6, 6.07) is 14.8. The molecule has 0 bridgehead atoms. The highest BCUT2D eigenvalue weighted by atomic mass is 35.5. The number of nitrogens with one attached hydrogen (secondary N) is 3. The molecule has 2 aromatic carbocycles. The van der Waals surface area contributed by atoms with Crippen LogP contribution in [0.5, 0.6) is 0 Å². The summed E-state index contributed by atoms with van der Waals surface area (Å²) in [5, 5.41) is 7.22. The van der Waals surface area contributed by atoms with Gasteiger partial charge in [-0.25, -0.2) is 15.2 Å². The highest BCUT2D eigenvalue weighted by Gasteiger charge is 2.30. The van der Waals surface area contributed by atoms with Crippen LogP contribution in [0.2, 0.25) is 5.02 Å². The van der Waals surface area contributed by atoms with E-state index in [1.807, 2.05) is 18.2 Å². The van der Waals surface area contributed by atoms with Crippen molar-refractivity contribution in [2.45, 2.75) is 18.5 Å². The van der Waals surface area contributed by atoms with Crippen molar-refractivity contribution in [1.82, 2.24) is 25.6 Å². The number of aromatic nitrogens is 3. The third-order valence-corrected chi connectivity index (χ3v) is 4.84. The number of hydrogen-bond acceptors (Lipinski definition) is 4. The van der Waals surface area contributed by atoms with Crippen LogP contribution in [0.1, 0.15) is 29.9 Å². The van der Waals surface area contributed by atoms with Crippen LogP contribution < -0.4 is 10.9 Å². The number of benzene rings is 2. The Labute approximate surface area is 153 Å². The first-order valence-corrected chi connectivity index (χ1v) is 8.61. The Morgan fingerprint density at radius 2 is 1.88 bits per heavy atom. The van der Waals surface area contributed by atoms with Gasteiger partial charge in [0.25, 0.3) is 0 Å². The van der Waals surface area contributed by atoms with Crippen LogP contribution in [-0.2, 0) is 0 Å². The number of H-pyrrole nitrogens is 1. The van der Waals surface area contributed by atoms with Gasteiger partial charge in [-0.1, -0.05) is 41.9 Å². The molecule has 0 radical (unpaired) electrons. The van der Waals surface area contributed by atoms with Crippen LogP contribution in [-0.4, -0.2) is 14.8 Å². The fourth-order valence-corrected chi connectivity index (χ4v) is 3.47. The molecule has 1 aliphatic heterocycles. The molecule has 1 aromatic heterocycles. The maximum absolute atomic E-state index is 13.5. The van der Waals surface area contributed by atoms with Crippen molar-refractivity contribution in [3.8, 4) is 5.69 Å². The van der Waals surface area contributed by atoms with Crippen LogP contribution in [0.25, 0.3) is 5.69 Å². The first kappa shape index (κ1) is 16.4. The van der Waals surface area contributed by atoms with Gasteiger partial charge in [-0.15, -0.1) is 0 Å². The second-order valence-corrected chi connectivity index (χ2v) is 6.65. The zero-order valence-corrected chi connectivity index (χ0v) is 14.6. The van der Waals surface area contributed by atoms with Gasteiger partial charge in [-0.3, -0.25) is 9.67 Å². The third-order valence-electron chi connectivity index (χ3n) is 4.28. The number of halogens is 2. The second kappa shape index (κ2) is 6.68. The maximum Gasteiger partial charge on any atom is 0.199 e. The molecular formula is C17H15ClFN5S. The smallest absolute Gasteiger partial charge is 0.199 e. The van der Waals surface area contributed by atoms with E-state index < -0.39 is 5.82 Å². The van der Waals surface area contributed by atoms with Gasteiger partial charge in [-0.2, -0.15) is 5.10 Å². The van der Waals surface area contributed by atoms with Crippen molar-refractivity contribution in [2.75, 3.05) is 0 Å². The first-order chi connectivity index (χ1) is 12.1. The minimum atomic E-state index is -0.466. The van der Waals surface area contributed by atoms with Crippen molar-refractivity contribution in [2.24, 2.45) is 0 Å². The van der Waals surface area contributed by atoms with Crippen molar-refractivity contribution in [3.63, 3.8) is 0 Å². The van der Waals surface area contributed by atoms with E-state index in [0.717, 1.165) is 12.2 Å². The Balaban J connectivity index is 1.66. The van der Waals surface area contributed by atoms with E-state index in [0.29, 0.717) is 10.5 Å². The quantitative estimate of drug-likeness (QED) is 0.605. The lowest BCUT2D eigenvalue weighted by atomic mass is 10.0. The summed E-state index contributed by atoms with van der Waals surface area (Å²) in [6.45, 7) is 0. The minimum absolute atomic E-state index is 0.0474. The minimum Gasteiger partial charge on any atom is -0.271 e. The molecule has 0 spiro atoms. The SMILES string of the molecule is Fc1ccc(-n2c(C3CC(c4ccccc4)NN3)n[nH]c2=S)cc1Cl. The van der Waals surface area contributed by atoms with Gasteiger partial charge in [0.15, 0.2) is 10.6 Å². The van der Waals surface area contributed by atoms with Crippen LogP contribution >= 0.6 is 23.8 Å². The third kappa shape index (κ3) is 3.11. The molecule has 3 aromatic rings. The molecule has 5 nitrogen and oxygen atoms in total. The summed E-state index contributed by atoms with van der Waals surface area (Å²) < 4.78 is 15.7. The fourth-order valence-electron chi connectivity index (χ4n) is 3.05. The van der Waals surface area contributed by atoms with E-state index in [9.17, 15) is 4.39 Å². The zero-order valence-electron chi connectivity index (χ0n) is 13.0. The standard InChI is InChI=1S/C17H15ClFN5S/c18-12-8-11(6-7-13(12)19)24-16(22-23-17(24)25)15-9-14(20-21-15)10-4-2-1-3-5-10/h1-8,14-15,20-21H,9H2,(H,23,25). The Hall–Kier alpha value is -2.06. The molecule has 2 atom stereocenters. The lowest BCUT2D eigenvalue weighted by Gasteiger charge is -2.12. The average molecular weight is 376 g/mol. The van der Waals surface area contributed by atoms with Crippen molar-refractivity contribution in [3.05, 3.63) is 75.5 Å². The van der Waals surface area contributed by atoms with Crippen LogP contribution in [0.4, 0.5) is 4.39 Å². The van der Waals surface area contributed by atoms with E-state index in [-0.39, 0.29) is 17.1 Å². The van der Waals surface area contributed by atoms with Gasteiger partial charge >= 0.3 is 0 Å². The highest BCUT2D eigenvalue weighted by Crippen LogP contribution is 2.31. The van der Waals surface area contributed by atoms with E-state index in [1.165, 1.54) is 11.6 Å². The molecule has 1 aliphatic rings. The lowest BCUT2D eigenvalue weighted by molar-refractivity contribution is 0.534. The number of hydrogen-bond donors (Lipinski definition) is 3. The summed E-state index contributed by atoms with van der Waals surface area (Å²) in [6.07, 6.45) is 0.804. The topological polar surface area (TPSA) is 57.7 Å². The van der Waals surface area contributed by atoms with Gasteiger partial charge in [0, 0.05) is 6.04 Å². The average Bonchev–Trinajstić information content (AvgIpc) is 3.25. The first-order valence-electron chi connectivity index (χ1n) is 7.82.